The van der Waals surface area contributed by atoms with Crippen molar-refractivity contribution in [3.63, 3.8) is 0 Å². The number of anilines is 1. The number of amides is 2. The molecule has 2 aromatic carbocycles. The zero-order valence-electron chi connectivity index (χ0n) is 14.2. The van der Waals surface area contributed by atoms with E-state index in [2.05, 4.69) is 9.71 Å². The Balaban J connectivity index is 1.99. The van der Waals surface area contributed by atoms with Crippen molar-refractivity contribution in [3.05, 3.63) is 64.7 Å². The number of carbonyl (C=O) groups is 2. The molecule has 134 valence electrons. The number of hydrogen-bond acceptors (Lipinski definition) is 4. The van der Waals surface area contributed by atoms with Gasteiger partial charge in [0.1, 0.15) is 6.54 Å². The van der Waals surface area contributed by atoms with Crippen LogP contribution in [0.4, 0.5) is 5.69 Å². The number of aliphatic imine (C=N–C) groups is 1. The Kier molecular flexibility index (Phi) is 5.96. The van der Waals surface area contributed by atoms with Crippen molar-refractivity contribution in [2.75, 3.05) is 24.2 Å². The van der Waals surface area contributed by atoms with Crippen LogP contribution in [0.3, 0.4) is 0 Å². The summed E-state index contributed by atoms with van der Waals surface area (Å²) >= 11 is 7.45. The molecule has 0 atom stereocenters. The summed E-state index contributed by atoms with van der Waals surface area (Å²) in [5.41, 5.74) is 3.16. The van der Waals surface area contributed by atoms with Gasteiger partial charge in [-0.25, -0.2) is 0 Å². The van der Waals surface area contributed by atoms with Crippen molar-refractivity contribution < 1.29 is 9.59 Å². The lowest BCUT2D eigenvalue weighted by atomic mass is 10.00. The third kappa shape index (κ3) is 4.08. The SMILES string of the molecule is CSNC(=O)CCN1C(=O)CN=C(c2ccccc2)c2cc(Cl)ccc21. The number of fused-ring (bicyclic) bond motifs is 1. The normalized spacial score (nSPS) is 13.7. The summed E-state index contributed by atoms with van der Waals surface area (Å²) < 4.78 is 2.67. The molecule has 0 saturated heterocycles. The van der Waals surface area contributed by atoms with Crippen LogP contribution < -0.4 is 9.62 Å². The summed E-state index contributed by atoms with van der Waals surface area (Å²) in [6.07, 6.45) is 2.00. The van der Waals surface area contributed by atoms with Gasteiger partial charge < -0.3 is 9.62 Å². The lowest BCUT2D eigenvalue weighted by Crippen LogP contribution is -2.35. The van der Waals surface area contributed by atoms with Crippen molar-refractivity contribution in [2.24, 2.45) is 4.99 Å². The van der Waals surface area contributed by atoms with Crippen molar-refractivity contribution in [3.8, 4) is 0 Å². The van der Waals surface area contributed by atoms with Gasteiger partial charge in [-0.05, 0) is 18.2 Å². The van der Waals surface area contributed by atoms with Crippen molar-refractivity contribution in [1.82, 2.24) is 4.72 Å². The van der Waals surface area contributed by atoms with E-state index in [1.807, 2.05) is 42.5 Å². The van der Waals surface area contributed by atoms with Crippen LogP contribution in [-0.2, 0) is 9.59 Å². The number of benzodiazepines with no additional fused rings is 1. The first-order valence-electron chi connectivity index (χ1n) is 8.12. The standard InChI is InChI=1S/C19H18ClN3O2S/c1-26-22-17(24)9-10-23-16-8-7-14(20)11-15(16)19(21-12-18(23)25)13-5-3-2-4-6-13/h2-8,11H,9-10,12H2,1H3,(H,22,24). The molecule has 7 heteroatoms. The molecule has 1 aliphatic rings. The van der Waals surface area contributed by atoms with Gasteiger partial charge in [0, 0.05) is 35.4 Å². The highest BCUT2D eigenvalue weighted by atomic mass is 35.5. The van der Waals surface area contributed by atoms with Crippen LogP contribution in [0.1, 0.15) is 17.5 Å². The fourth-order valence-corrected chi connectivity index (χ4v) is 3.35. The van der Waals surface area contributed by atoms with Gasteiger partial charge in [0.05, 0.1) is 11.4 Å². The first kappa shape index (κ1) is 18.5. The molecule has 2 aromatic rings. The van der Waals surface area contributed by atoms with E-state index in [0.29, 0.717) is 5.02 Å². The van der Waals surface area contributed by atoms with Crippen molar-refractivity contribution >= 4 is 46.8 Å². The summed E-state index contributed by atoms with van der Waals surface area (Å²) in [5, 5.41) is 0.571. The van der Waals surface area contributed by atoms with Gasteiger partial charge in [0.15, 0.2) is 0 Å². The van der Waals surface area contributed by atoms with E-state index in [4.69, 9.17) is 11.6 Å². The Morgan fingerprint density at radius 3 is 2.77 bits per heavy atom. The van der Waals surface area contributed by atoms with Crippen LogP contribution in [0, 0.1) is 0 Å². The number of hydrogen-bond donors (Lipinski definition) is 1. The molecule has 26 heavy (non-hydrogen) atoms. The second-order valence-electron chi connectivity index (χ2n) is 5.72. The van der Waals surface area contributed by atoms with Crippen LogP contribution in [0.15, 0.2) is 53.5 Å². The van der Waals surface area contributed by atoms with E-state index in [9.17, 15) is 9.59 Å². The lowest BCUT2D eigenvalue weighted by Gasteiger charge is -2.23. The molecule has 5 nitrogen and oxygen atoms in total. The molecule has 0 saturated carbocycles. The number of halogens is 1. The van der Waals surface area contributed by atoms with E-state index in [1.165, 1.54) is 11.9 Å². The number of nitrogens with zero attached hydrogens (tertiary/aromatic N) is 2. The Hall–Kier alpha value is -2.31. The fourth-order valence-electron chi connectivity index (χ4n) is 2.85. The summed E-state index contributed by atoms with van der Waals surface area (Å²) in [7, 11) is 0. The Morgan fingerprint density at radius 2 is 2.04 bits per heavy atom. The number of nitrogens with one attached hydrogen (secondary N) is 1. The molecule has 0 radical (unpaired) electrons. The van der Waals surface area contributed by atoms with Crippen LogP contribution in [0.5, 0.6) is 0 Å². The van der Waals surface area contributed by atoms with Gasteiger partial charge in [-0.15, -0.1) is 0 Å². The molecule has 0 aromatic heterocycles. The minimum atomic E-state index is -0.142. The van der Waals surface area contributed by atoms with Crippen molar-refractivity contribution in [1.29, 1.82) is 0 Å². The lowest BCUT2D eigenvalue weighted by molar-refractivity contribution is -0.119. The summed E-state index contributed by atoms with van der Waals surface area (Å²) in [6.45, 7) is 0.318. The highest BCUT2D eigenvalue weighted by Crippen LogP contribution is 2.29. The van der Waals surface area contributed by atoms with Gasteiger partial charge in [-0.1, -0.05) is 53.9 Å². The maximum Gasteiger partial charge on any atom is 0.248 e. The molecular weight excluding hydrogens is 370 g/mol. The van der Waals surface area contributed by atoms with E-state index in [0.717, 1.165) is 22.5 Å². The molecule has 0 aliphatic carbocycles. The molecule has 0 fully saturated rings. The molecule has 0 bridgehead atoms. The Morgan fingerprint density at radius 1 is 1.27 bits per heavy atom. The second kappa shape index (κ2) is 8.38. The van der Waals surface area contributed by atoms with E-state index >= 15 is 0 Å². The third-order valence-corrected chi connectivity index (χ3v) is 4.67. The monoisotopic (exact) mass is 387 g/mol. The first-order valence-corrected chi connectivity index (χ1v) is 9.72. The van der Waals surface area contributed by atoms with Gasteiger partial charge >= 0.3 is 0 Å². The Labute approximate surface area is 161 Å². The summed E-state index contributed by atoms with van der Waals surface area (Å²) in [5.74, 6) is -0.259. The first-order chi connectivity index (χ1) is 12.6. The molecule has 0 unspecified atom stereocenters. The zero-order valence-corrected chi connectivity index (χ0v) is 15.8. The van der Waals surface area contributed by atoms with Gasteiger partial charge in [-0.2, -0.15) is 0 Å². The Bertz CT molecular complexity index is 855. The minimum Gasteiger partial charge on any atom is -0.310 e. The van der Waals surface area contributed by atoms with Crippen LogP contribution >= 0.6 is 23.5 Å². The van der Waals surface area contributed by atoms with Gasteiger partial charge in [-0.3, -0.25) is 14.6 Å². The molecule has 1 heterocycles. The zero-order chi connectivity index (χ0) is 18.5. The average molecular weight is 388 g/mol. The fraction of sp³-hybridized carbons (Fsp3) is 0.211. The largest absolute Gasteiger partial charge is 0.310 e. The van der Waals surface area contributed by atoms with Gasteiger partial charge in [0.2, 0.25) is 11.8 Å². The number of rotatable bonds is 5. The minimum absolute atomic E-state index is 0.0284. The maximum atomic E-state index is 12.7. The van der Waals surface area contributed by atoms with Crippen LogP contribution in [0.25, 0.3) is 0 Å². The second-order valence-corrected chi connectivity index (χ2v) is 6.77. The van der Waals surface area contributed by atoms with E-state index in [-0.39, 0.29) is 31.3 Å². The quantitative estimate of drug-likeness (QED) is 0.800. The van der Waals surface area contributed by atoms with Crippen LogP contribution in [-0.4, -0.2) is 36.9 Å². The highest BCUT2D eigenvalue weighted by Gasteiger charge is 2.25. The number of benzene rings is 2. The predicted molar refractivity (Wildman–Crippen MR) is 107 cm³/mol. The van der Waals surface area contributed by atoms with Gasteiger partial charge in [0.25, 0.3) is 0 Å². The molecule has 3 rings (SSSR count). The van der Waals surface area contributed by atoms with Crippen molar-refractivity contribution in [2.45, 2.75) is 6.42 Å². The molecule has 1 N–H and O–H groups in total. The molecular formula is C19H18ClN3O2S. The molecule has 2 amide bonds. The molecule has 0 spiro atoms. The summed E-state index contributed by atoms with van der Waals surface area (Å²) in [4.78, 5) is 30.6. The maximum absolute atomic E-state index is 12.7. The number of carbonyl (C=O) groups excluding carboxylic acids is 2. The summed E-state index contributed by atoms with van der Waals surface area (Å²) in [6, 6.07) is 15.1. The van der Waals surface area contributed by atoms with Crippen LogP contribution in [0.2, 0.25) is 5.02 Å². The highest BCUT2D eigenvalue weighted by molar-refractivity contribution is 7.97. The topological polar surface area (TPSA) is 61.8 Å². The predicted octanol–water partition coefficient (Wildman–Crippen LogP) is 3.31. The third-order valence-electron chi connectivity index (χ3n) is 4.00. The van der Waals surface area contributed by atoms with E-state index in [1.54, 1.807) is 17.2 Å². The molecule has 1 aliphatic heterocycles. The van der Waals surface area contributed by atoms with E-state index < -0.39 is 0 Å². The smallest absolute Gasteiger partial charge is 0.248 e. The average Bonchev–Trinajstić information content (AvgIpc) is 2.77.